The first-order valence-corrected chi connectivity index (χ1v) is 9.39. The summed E-state index contributed by atoms with van der Waals surface area (Å²) >= 11 is 0. The van der Waals surface area contributed by atoms with Gasteiger partial charge in [0.25, 0.3) is 0 Å². The van der Waals surface area contributed by atoms with Gasteiger partial charge in [0.1, 0.15) is 17.7 Å². The molecule has 2 amide bonds. The Morgan fingerprint density at radius 3 is 2.29 bits per heavy atom. The normalized spacial score (nSPS) is 12.9. The molecular weight excluding hydrogens is 362 g/mol. The maximum Gasteiger partial charge on any atom is 0.242 e. The van der Waals surface area contributed by atoms with E-state index in [1.807, 2.05) is 13.8 Å². The summed E-state index contributed by atoms with van der Waals surface area (Å²) in [5.41, 5.74) is 0.956. The number of amides is 2. The van der Waals surface area contributed by atoms with E-state index in [0.717, 1.165) is 6.42 Å². The van der Waals surface area contributed by atoms with Crippen molar-refractivity contribution in [2.24, 2.45) is 0 Å². The third kappa shape index (κ3) is 5.87. The Labute approximate surface area is 164 Å². The minimum absolute atomic E-state index is 0.00428. The quantitative estimate of drug-likeness (QED) is 0.747. The Morgan fingerprint density at radius 2 is 1.68 bits per heavy atom. The number of hydrogen-bond donors (Lipinski definition) is 1. The van der Waals surface area contributed by atoms with Crippen LogP contribution in [-0.4, -0.2) is 28.8 Å². The van der Waals surface area contributed by atoms with Gasteiger partial charge in [-0.1, -0.05) is 37.3 Å². The van der Waals surface area contributed by atoms with Crippen LogP contribution in [0.1, 0.15) is 38.3 Å². The fourth-order valence-corrected chi connectivity index (χ4v) is 2.74. The number of carbonyl (C=O) groups is 2. The molecule has 0 aliphatic heterocycles. The molecule has 4 nitrogen and oxygen atoms in total. The van der Waals surface area contributed by atoms with E-state index < -0.39 is 11.9 Å². The second-order valence-corrected chi connectivity index (χ2v) is 6.91. The third-order valence-corrected chi connectivity index (χ3v) is 4.74. The van der Waals surface area contributed by atoms with Gasteiger partial charge in [-0.2, -0.15) is 0 Å². The van der Waals surface area contributed by atoms with Crippen molar-refractivity contribution < 1.29 is 18.4 Å². The molecule has 0 bridgehead atoms. The smallest absolute Gasteiger partial charge is 0.242 e. The van der Waals surface area contributed by atoms with Gasteiger partial charge in [-0.25, -0.2) is 8.78 Å². The van der Waals surface area contributed by atoms with Gasteiger partial charge in [-0.05, 0) is 44.0 Å². The van der Waals surface area contributed by atoms with Gasteiger partial charge in [0.15, 0.2) is 0 Å². The molecule has 2 aromatic carbocycles. The highest BCUT2D eigenvalue weighted by Gasteiger charge is 2.27. The van der Waals surface area contributed by atoms with E-state index in [4.69, 9.17) is 0 Å². The van der Waals surface area contributed by atoms with Crippen LogP contribution in [0, 0.1) is 11.6 Å². The molecular formula is C22H26F2N2O2. The average molecular weight is 388 g/mol. The number of nitrogens with one attached hydrogen (secondary N) is 1. The topological polar surface area (TPSA) is 49.4 Å². The molecule has 1 N–H and O–H groups in total. The fourth-order valence-electron chi connectivity index (χ4n) is 2.74. The summed E-state index contributed by atoms with van der Waals surface area (Å²) in [7, 11) is 0. The third-order valence-electron chi connectivity index (χ3n) is 4.74. The Bertz CT molecular complexity index is 808. The van der Waals surface area contributed by atoms with Crippen molar-refractivity contribution in [3.63, 3.8) is 0 Å². The van der Waals surface area contributed by atoms with Crippen LogP contribution in [-0.2, 0) is 22.6 Å². The van der Waals surface area contributed by atoms with E-state index in [1.165, 1.54) is 35.2 Å². The number of halogens is 2. The maximum atomic E-state index is 14.1. The van der Waals surface area contributed by atoms with Crippen LogP contribution < -0.4 is 5.32 Å². The summed E-state index contributed by atoms with van der Waals surface area (Å²) in [4.78, 5) is 26.9. The highest BCUT2D eigenvalue weighted by atomic mass is 19.1. The molecule has 0 aliphatic rings. The first-order valence-electron chi connectivity index (χ1n) is 9.39. The van der Waals surface area contributed by atoms with Crippen molar-refractivity contribution >= 4 is 11.8 Å². The molecule has 0 unspecified atom stereocenters. The monoisotopic (exact) mass is 388 g/mol. The minimum atomic E-state index is -0.776. The largest absolute Gasteiger partial charge is 0.352 e. The zero-order valence-corrected chi connectivity index (χ0v) is 16.4. The first kappa shape index (κ1) is 21.5. The predicted octanol–water partition coefficient (Wildman–Crippen LogP) is 3.84. The zero-order valence-electron chi connectivity index (χ0n) is 16.4. The summed E-state index contributed by atoms with van der Waals surface area (Å²) in [6.45, 7) is 5.43. The van der Waals surface area contributed by atoms with Gasteiger partial charge in [0.2, 0.25) is 11.8 Å². The number of nitrogens with zero attached hydrogens (tertiary/aromatic N) is 1. The van der Waals surface area contributed by atoms with Gasteiger partial charge >= 0.3 is 0 Å². The molecule has 150 valence electrons. The summed E-state index contributed by atoms with van der Waals surface area (Å²) in [5.74, 6) is -1.45. The van der Waals surface area contributed by atoms with Gasteiger partial charge in [0, 0.05) is 18.2 Å². The molecule has 28 heavy (non-hydrogen) atoms. The molecule has 0 radical (unpaired) electrons. The molecule has 0 aromatic heterocycles. The Kier molecular flexibility index (Phi) is 7.67. The number of rotatable bonds is 8. The van der Waals surface area contributed by atoms with E-state index in [-0.39, 0.29) is 36.6 Å². The van der Waals surface area contributed by atoms with E-state index in [0.29, 0.717) is 11.1 Å². The van der Waals surface area contributed by atoms with Crippen molar-refractivity contribution in [2.45, 2.75) is 52.2 Å². The average Bonchev–Trinajstić information content (AvgIpc) is 2.68. The molecule has 0 heterocycles. The van der Waals surface area contributed by atoms with E-state index in [9.17, 15) is 18.4 Å². The second kappa shape index (κ2) is 9.97. The van der Waals surface area contributed by atoms with Crippen LogP contribution in [0.2, 0.25) is 0 Å². The second-order valence-electron chi connectivity index (χ2n) is 6.91. The molecule has 2 rings (SSSR count). The lowest BCUT2D eigenvalue weighted by molar-refractivity contribution is -0.140. The van der Waals surface area contributed by atoms with Gasteiger partial charge in [0.05, 0.1) is 6.42 Å². The molecule has 0 fully saturated rings. The summed E-state index contributed by atoms with van der Waals surface area (Å²) in [5, 5.41) is 2.86. The molecule has 0 aliphatic carbocycles. The van der Waals surface area contributed by atoms with Gasteiger partial charge < -0.3 is 10.2 Å². The highest BCUT2D eigenvalue weighted by Crippen LogP contribution is 2.15. The van der Waals surface area contributed by atoms with Crippen LogP contribution in [0.3, 0.4) is 0 Å². The SMILES string of the molecule is CC[C@@H](C)NC(=O)[C@@H](C)N(Cc1ccccc1F)C(=O)Cc1ccc(F)cc1. The number of hydrogen-bond acceptors (Lipinski definition) is 2. The molecule has 0 spiro atoms. The lowest BCUT2D eigenvalue weighted by Gasteiger charge is -2.30. The van der Waals surface area contributed by atoms with Crippen molar-refractivity contribution in [3.05, 3.63) is 71.3 Å². The molecule has 2 aromatic rings. The predicted molar refractivity (Wildman–Crippen MR) is 104 cm³/mol. The molecule has 0 saturated carbocycles. The Balaban J connectivity index is 2.23. The van der Waals surface area contributed by atoms with E-state index in [2.05, 4.69) is 5.32 Å². The van der Waals surface area contributed by atoms with Crippen molar-refractivity contribution in [3.8, 4) is 0 Å². The zero-order chi connectivity index (χ0) is 20.7. The van der Waals surface area contributed by atoms with Gasteiger partial charge in [-0.3, -0.25) is 9.59 Å². The van der Waals surface area contributed by atoms with Crippen molar-refractivity contribution in [1.82, 2.24) is 10.2 Å². The summed E-state index contributed by atoms with van der Waals surface area (Å²) in [6, 6.07) is 11.0. The number of benzene rings is 2. The van der Waals surface area contributed by atoms with Crippen LogP contribution in [0.4, 0.5) is 8.78 Å². The van der Waals surface area contributed by atoms with Crippen LogP contribution in [0.5, 0.6) is 0 Å². The van der Waals surface area contributed by atoms with Crippen LogP contribution in [0.25, 0.3) is 0 Å². The molecule has 6 heteroatoms. The Morgan fingerprint density at radius 1 is 1.04 bits per heavy atom. The maximum absolute atomic E-state index is 14.1. The van der Waals surface area contributed by atoms with E-state index in [1.54, 1.807) is 25.1 Å². The summed E-state index contributed by atoms with van der Waals surface area (Å²) < 4.78 is 27.2. The highest BCUT2D eigenvalue weighted by molar-refractivity contribution is 5.88. The van der Waals surface area contributed by atoms with Crippen LogP contribution >= 0.6 is 0 Å². The van der Waals surface area contributed by atoms with E-state index >= 15 is 0 Å². The van der Waals surface area contributed by atoms with Crippen LogP contribution in [0.15, 0.2) is 48.5 Å². The standard InChI is InChI=1S/C22H26F2N2O2/c1-4-15(2)25-22(28)16(3)26(14-18-7-5-6-8-20(18)24)21(27)13-17-9-11-19(23)12-10-17/h5-12,15-16H,4,13-14H2,1-3H3,(H,25,28)/t15-,16-/m1/s1. The van der Waals surface area contributed by atoms with Crippen molar-refractivity contribution in [2.75, 3.05) is 0 Å². The lowest BCUT2D eigenvalue weighted by Crippen LogP contribution is -2.50. The lowest BCUT2D eigenvalue weighted by atomic mass is 10.1. The Hall–Kier alpha value is -2.76. The number of carbonyl (C=O) groups excluding carboxylic acids is 2. The summed E-state index contributed by atoms with van der Waals surface area (Å²) in [6.07, 6.45) is 0.755. The fraction of sp³-hybridized carbons (Fsp3) is 0.364. The molecule has 2 atom stereocenters. The van der Waals surface area contributed by atoms with Crippen molar-refractivity contribution in [1.29, 1.82) is 0 Å². The van der Waals surface area contributed by atoms with Gasteiger partial charge in [-0.15, -0.1) is 0 Å². The minimum Gasteiger partial charge on any atom is -0.352 e. The first-order chi connectivity index (χ1) is 13.3. The molecule has 0 saturated heterocycles.